The van der Waals surface area contributed by atoms with E-state index in [1.165, 1.54) is 28.1 Å². The second kappa shape index (κ2) is 9.15. The zero-order chi connectivity index (χ0) is 22.0. The Morgan fingerprint density at radius 1 is 1.09 bits per heavy atom. The van der Waals surface area contributed by atoms with Crippen LogP contribution in [0.25, 0.3) is 0 Å². The van der Waals surface area contributed by atoms with Gasteiger partial charge in [-0.05, 0) is 48.1 Å². The molecule has 3 aliphatic rings. The molecule has 0 saturated carbocycles. The molecule has 1 N–H and O–H groups in total. The number of rotatable bonds is 5. The molecule has 0 radical (unpaired) electrons. The van der Waals surface area contributed by atoms with Crippen molar-refractivity contribution in [2.45, 2.75) is 38.0 Å². The number of benzene rings is 1. The lowest BCUT2D eigenvalue weighted by molar-refractivity contribution is 0.0397. The SMILES string of the molecule is c1cncc(CN2CCC(n3cc(N4CCOC(c5ccc6c(c5)CCN6)C4)cn3)CC2)c1. The van der Waals surface area contributed by atoms with Gasteiger partial charge in [-0.25, -0.2) is 0 Å². The number of ether oxygens (including phenoxy) is 1. The number of nitrogens with zero attached hydrogens (tertiary/aromatic N) is 5. The van der Waals surface area contributed by atoms with Gasteiger partial charge in [-0.3, -0.25) is 14.6 Å². The molecule has 3 aromatic rings. The molecule has 2 saturated heterocycles. The second-order valence-electron chi connectivity index (χ2n) is 9.45. The first-order chi connectivity index (χ1) is 16.3. The number of hydrogen-bond acceptors (Lipinski definition) is 6. The van der Waals surface area contributed by atoms with Gasteiger partial charge in [0.15, 0.2) is 0 Å². The largest absolute Gasteiger partial charge is 0.384 e. The number of morpholine rings is 1. The maximum absolute atomic E-state index is 6.16. The minimum atomic E-state index is 0.115. The normalized spacial score (nSPS) is 21.7. The van der Waals surface area contributed by atoms with Crippen molar-refractivity contribution >= 4 is 11.4 Å². The van der Waals surface area contributed by atoms with Gasteiger partial charge in [0.25, 0.3) is 0 Å². The van der Waals surface area contributed by atoms with Gasteiger partial charge in [0.05, 0.1) is 24.5 Å². The van der Waals surface area contributed by atoms with Gasteiger partial charge in [0, 0.05) is 63.5 Å². The fourth-order valence-electron chi connectivity index (χ4n) is 5.39. The third kappa shape index (κ3) is 4.48. The molecule has 7 nitrogen and oxygen atoms in total. The number of anilines is 2. The number of nitrogens with one attached hydrogen (secondary N) is 1. The number of likely N-dealkylation sites (tertiary alicyclic amines) is 1. The van der Waals surface area contributed by atoms with Crippen LogP contribution < -0.4 is 10.2 Å². The van der Waals surface area contributed by atoms with E-state index in [0.717, 1.165) is 65.1 Å². The van der Waals surface area contributed by atoms with E-state index in [0.29, 0.717) is 6.04 Å². The molecule has 172 valence electrons. The summed E-state index contributed by atoms with van der Waals surface area (Å²) in [5, 5.41) is 8.21. The van der Waals surface area contributed by atoms with Gasteiger partial charge < -0.3 is 15.0 Å². The van der Waals surface area contributed by atoms with Crippen LogP contribution in [0.3, 0.4) is 0 Å². The summed E-state index contributed by atoms with van der Waals surface area (Å²) in [6, 6.07) is 11.4. The molecule has 1 unspecified atom stereocenters. The monoisotopic (exact) mass is 444 g/mol. The first-order valence-corrected chi connectivity index (χ1v) is 12.2. The maximum atomic E-state index is 6.16. The summed E-state index contributed by atoms with van der Waals surface area (Å²) in [6.07, 6.45) is 11.6. The molecule has 0 aliphatic carbocycles. The van der Waals surface area contributed by atoms with Crippen molar-refractivity contribution in [2.75, 3.05) is 49.5 Å². The Morgan fingerprint density at radius 3 is 2.91 bits per heavy atom. The quantitative estimate of drug-likeness (QED) is 0.648. The van der Waals surface area contributed by atoms with Crippen molar-refractivity contribution in [2.24, 2.45) is 0 Å². The van der Waals surface area contributed by atoms with Crippen molar-refractivity contribution in [1.29, 1.82) is 0 Å². The Bertz CT molecular complexity index is 1080. The highest BCUT2D eigenvalue weighted by molar-refractivity contribution is 5.57. The van der Waals surface area contributed by atoms with Gasteiger partial charge >= 0.3 is 0 Å². The molecular weight excluding hydrogens is 412 g/mol. The highest BCUT2D eigenvalue weighted by Crippen LogP contribution is 2.31. The molecule has 6 rings (SSSR count). The highest BCUT2D eigenvalue weighted by atomic mass is 16.5. The van der Waals surface area contributed by atoms with E-state index in [2.05, 4.69) is 55.2 Å². The number of hydrogen-bond donors (Lipinski definition) is 1. The van der Waals surface area contributed by atoms with Crippen molar-refractivity contribution < 1.29 is 4.74 Å². The van der Waals surface area contributed by atoms with E-state index in [9.17, 15) is 0 Å². The van der Waals surface area contributed by atoms with E-state index >= 15 is 0 Å². The van der Waals surface area contributed by atoms with Crippen LogP contribution in [-0.4, -0.2) is 59.0 Å². The fraction of sp³-hybridized carbons (Fsp3) is 0.462. The van der Waals surface area contributed by atoms with Gasteiger partial charge in [-0.1, -0.05) is 18.2 Å². The van der Waals surface area contributed by atoms with Crippen LogP contribution >= 0.6 is 0 Å². The third-order valence-corrected chi connectivity index (χ3v) is 7.29. The van der Waals surface area contributed by atoms with Crippen LogP contribution in [0.5, 0.6) is 0 Å². The molecule has 1 aromatic carbocycles. The molecular formula is C26H32N6O. The second-order valence-corrected chi connectivity index (χ2v) is 9.45. The number of pyridine rings is 1. The Hall–Kier alpha value is -2.90. The topological polar surface area (TPSA) is 58.5 Å². The number of aromatic nitrogens is 3. The van der Waals surface area contributed by atoms with Gasteiger partial charge in [0.2, 0.25) is 0 Å². The van der Waals surface area contributed by atoms with E-state index in [4.69, 9.17) is 9.84 Å². The smallest absolute Gasteiger partial charge is 0.100 e. The molecule has 33 heavy (non-hydrogen) atoms. The first kappa shape index (κ1) is 20.7. The average Bonchev–Trinajstić information content (AvgIpc) is 3.55. The van der Waals surface area contributed by atoms with Crippen LogP contribution in [0, 0.1) is 0 Å². The Labute approximate surface area is 195 Å². The molecule has 0 spiro atoms. The minimum Gasteiger partial charge on any atom is -0.384 e. The Morgan fingerprint density at radius 2 is 2.03 bits per heavy atom. The predicted molar refractivity (Wildman–Crippen MR) is 130 cm³/mol. The third-order valence-electron chi connectivity index (χ3n) is 7.29. The van der Waals surface area contributed by atoms with Crippen LogP contribution in [0.15, 0.2) is 55.1 Å². The molecule has 1 atom stereocenters. The molecule has 3 aliphatic heterocycles. The van der Waals surface area contributed by atoms with Crippen molar-refractivity contribution in [3.05, 3.63) is 71.8 Å². The van der Waals surface area contributed by atoms with Gasteiger partial charge in [0.1, 0.15) is 6.10 Å². The van der Waals surface area contributed by atoms with Crippen LogP contribution in [0.2, 0.25) is 0 Å². The molecule has 7 heteroatoms. The molecule has 0 bridgehead atoms. The summed E-state index contributed by atoms with van der Waals surface area (Å²) in [5.74, 6) is 0. The van der Waals surface area contributed by atoms with E-state index in [1.54, 1.807) is 0 Å². The number of piperidine rings is 1. The molecule has 2 aromatic heterocycles. The summed E-state index contributed by atoms with van der Waals surface area (Å²) >= 11 is 0. The van der Waals surface area contributed by atoms with Crippen LogP contribution in [-0.2, 0) is 17.7 Å². The molecule has 0 amide bonds. The average molecular weight is 445 g/mol. The summed E-state index contributed by atoms with van der Waals surface area (Å²) < 4.78 is 8.36. The van der Waals surface area contributed by atoms with Gasteiger partial charge in [-0.15, -0.1) is 0 Å². The maximum Gasteiger partial charge on any atom is 0.100 e. The van der Waals surface area contributed by atoms with Crippen LogP contribution in [0.4, 0.5) is 11.4 Å². The predicted octanol–water partition coefficient (Wildman–Crippen LogP) is 3.66. The van der Waals surface area contributed by atoms with Crippen molar-refractivity contribution in [3.8, 4) is 0 Å². The van der Waals surface area contributed by atoms with Crippen molar-refractivity contribution in [3.63, 3.8) is 0 Å². The Balaban J connectivity index is 1.07. The summed E-state index contributed by atoms with van der Waals surface area (Å²) in [6.45, 7) is 6.76. The zero-order valence-electron chi connectivity index (χ0n) is 19.1. The van der Waals surface area contributed by atoms with Crippen molar-refractivity contribution in [1.82, 2.24) is 19.7 Å². The van der Waals surface area contributed by atoms with E-state index in [-0.39, 0.29) is 6.10 Å². The lowest BCUT2D eigenvalue weighted by Gasteiger charge is -2.34. The lowest BCUT2D eigenvalue weighted by Crippen LogP contribution is -2.38. The van der Waals surface area contributed by atoms with Gasteiger partial charge in [-0.2, -0.15) is 5.10 Å². The van der Waals surface area contributed by atoms with E-state index < -0.39 is 0 Å². The zero-order valence-corrected chi connectivity index (χ0v) is 19.1. The summed E-state index contributed by atoms with van der Waals surface area (Å²) in [5.41, 5.74) is 6.48. The summed E-state index contributed by atoms with van der Waals surface area (Å²) in [7, 11) is 0. The highest BCUT2D eigenvalue weighted by Gasteiger charge is 2.26. The minimum absolute atomic E-state index is 0.115. The lowest BCUT2D eigenvalue weighted by atomic mass is 10.0. The Kier molecular flexibility index (Phi) is 5.74. The summed E-state index contributed by atoms with van der Waals surface area (Å²) in [4.78, 5) is 9.20. The fourth-order valence-corrected chi connectivity index (χ4v) is 5.39. The number of fused-ring (bicyclic) bond motifs is 1. The van der Waals surface area contributed by atoms with Crippen LogP contribution in [0.1, 0.15) is 41.7 Å². The standard InChI is InChI=1S/C26H32N6O/c1-2-20(15-27-8-1)17-30-10-6-23(7-11-30)32-18-24(16-29-32)31-12-13-33-26(19-31)22-3-4-25-21(14-22)5-9-28-25/h1-4,8,14-16,18,23,26,28H,5-7,9-13,17,19H2. The first-order valence-electron chi connectivity index (χ1n) is 12.2. The molecule has 2 fully saturated rings. The van der Waals surface area contributed by atoms with E-state index in [1.807, 2.05) is 24.7 Å². The molecule has 5 heterocycles.